The third kappa shape index (κ3) is 4.82. The lowest BCUT2D eigenvalue weighted by atomic mass is 10.1. The van der Waals surface area contributed by atoms with Crippen molar-refractivity contribution >= 4 is 6.09 Å². The molecule has 2 unspecified atom stereocenters. The second-order valence-corrected chi connectivity index (χ2v) is 5.83. The number of nitrogens with one attached hydrogen (secondary N) is 1. The summed E-state index contributed by atoms with van der Waals surface area (Å²) >= 11 is 0. The van der Waals surface area contributed by atoms with E-state index in [1.807, 2.05) is 27.8 Å². The lowest BCUT2D eigenvalue weighted by Crippen LogP contribution is -2.52. The molecule has 1 amide bonds. The van der Waals surface area contributed by atoms with Crippen molar-refractivity contribution in [1.82, 2.24) is 10.2 Å². The highest BCUT2D eigenvalue weighted by molar-refractivity contribution is 5.68. The van der Waals surface area contributed by atoms with Crippen molar-refractivity contribution in [2.45, 2.75) is 51.8 Å². The van der Waals surface area contributed by atoms with Crippen molar-refractivity contribution in [2.75, 3.05) is 26.8 Å². The minimum Gasteiger partial charge on any atom is -0.444 e. The van der Waals surface area contributed by atoms with Crippen LogP contribution in [0.15, 0.2) is 0 Å². The monoisotopic (exact) mass is 258 g/mol. The van der Waals surface area contributed by atoms with E-state index in [-0.39, 0.29) is 12.1 Å². The maximum atomic E-state index is 12.1. The quantitative estimate of drug-likeness (QED) is 0.836. The molecule has 1 N–H and O–H groups in total. The first-order valence-corrected chi connectivity index (χ1v) is 6.58. The van der Waals surface area contributed by atoms with Crippen LogP contribution in [0, 0.1) is 0 Å². The summed E-state index contributed by atoms with van der Waals surface area (Å²) in [5.41, 5.74) is -0.450. The summed E-state index contributed by atoms with van der Waals surface area (Å²) in [4.78, 5) is 13.9. The summed E-state index contributed by atoms with van der Waals surface area (Å²) in [7, 11) is 1.92. The van der Waals surface area contributed by atoms with Gasteiger partial charge < -0.3 is 19.7 Å². The van der Waals surface area contributed by atoms with E-state index in [1.165, 1.54) is 0 Å². The van der Waals surface area contributed by atoms with Crippen LogP contribution in [0.25, 0.3) is 0 Å². The Kier molecular flexibility index (Phi) is 5.41. The molecule has 0 radical (unpaired) electrons. The molecule has 1 saturated heterocycles. The molecule has 1 heterocycles. The number of carbonyl (C=O) groups is 1. The molecule has 0 aliphatic carbocycles. The van der Waals surface area contributed by atoms with Crippen LogP contribution in [-0.2, 0) is 9.47 Å². The number of nitrogens with zero attached hydrogens (tertiary/aromatic N) is 1. The van der Waals surface area contributed by atoms with E-state index in [1.54, 1.807) is 4.90 Å². The molecule has 0 saturated carbocycles. The van der Waals surface area contributed by atoms with Gasteiger partial charge in [0.05, 0.1) is 19.3 Å². The third-order valence-electron chi connectivity index (χ3n) is 2.97. The minimum absolute atomic E-state index is 0.0936. The highest BCUT2D eigenvalue weighted by Gasteiger charge is 2.31. The van der Waals surface area contributed by atoms with Gasteiger partial charge in [0.25, 0.3) is 0 Å². The highest BCUT2D eigenvalue weighted by atomic mass is 16.6. The Morgan fingerprint density at radius 3 is 2.78 bits per heavy atom. The molecule has 1 rings (SSSR count). The minimum atomic E-state index is -0.450. The van der Waals surface area contributed by atoms with Crippen LogP contribution in [0.4, 0.5) is 4.79 Å². The van der Waals surface area contributed by atoms with Crippen molar-refractivity contribution in [1.29, 1.82) is 0 Å². The first kappa shape index (κ1) is 15.2. The number of hydrogen-bond donors (Lipinski definition) is 1. The Balaban J connectivity index is 2.61. The van der Waals surface area contributed by atoms with Gasteiger partial charge in [-0.25, -0.2) is 4.79 Å². The van der Waals surface area contributed by atoms with Crippen LogP contribution in [-0.4, -0.2) is 55.5 Å². The van der Waals surface area contributed by atoms with E-state index in [4.69, 9.17) is 9.47 Å². The van der Waals surface area contributed by atoms with Crippen molar-refractivity contribution in [2.24, 2.45) is 0 Å². The van der Waals surface area contributed by atoms with E-state index in [2.05, 4.69) is 12.2 Å². The third-order valence-corrected chi connectivity index (χ3v) is 2.97. The van der Waals surface area contributed by atoms with Gasteiger partial charge in [-0.3, -0.25) is 0 Å². The van der Waals surface area contributed by atoms with E-state index >= 15 is 0 Å². The van der Waals surface area contributed by atoms with Gasteiger partial charge in [0.15, 0.2) is 0 Å². The fraction of sp³-hybridized carbons (Fsp3) is 0.923. The molecule has 5 heteroatoms. The first-order chi connectivity index (χ1) is 8.33. The molecule has 0 aromatic carbocycles. The van der Waals surface area contributed by atoms with Gasteiger partial charge in [-0.1, -0.05) is 0 Å². The number of carbonyl (C=O) groups excluding carboxylic acids is 1. The van der Waals surface area contributed by atoms with E-state index in [0.717, 1.165) is 6.42 Å². The number of amides is 1. The largest absolute Gasteiger partial charge is 0.444 e. The predicted molar refractivity (Wildman–Crippen MR) is 70.7 cm³/mol. The van der Waals surface area contributed by atoms with E-state index in [0.29, 0.717) is 25.8 Å². The molecular formula is C13H26N2O3. The summed E-state index contributed by atoms with van der Waals surface area (Å²) < 4.78 is 10.9. The second kappa shape index (κ2) is 6.38. The molecule has 1 fully saturated rings. The lowest BCUT2D eigenvalue weighted by molar-refractivity contribution is -0.0354. The molecule has 1 aliphatic heterocycles. The highest BCUT2D eigenvalue weighted by Crippen LogP contribution is 2.17. The van der Waals surface area contributed by atoms with Gasteiger partial charge in [0.1, 0.15) is 5.60 Å². The standard InChI is InChI=1S/C13H26N2O3/c1-10(14-5)8-11-9-17-7-6-15(11)12(16)18-13(2,3)4/h10-11,14H,6-9H2,1-5H3. The Morgan fingerprint density at radius 1 is 1.56 bits per heavy atom. The Hall–Kier alpha value is -0.810. The van der Waals surface area contributed by atoms with Crippen LogP contribution in [0.2, 0.25) is 0 Å². The Labute approximate surface area is 110 Å². The summed E-state index contributed by atoms with van der Waals surface area (Å²) in [5.74, 6) is 0. The van der Waals surface area contributed by atoms with Gasteiger partial charge in [-0.15, -0.1) is 0 Å². The molecule has 1 aliphatic rings. The predicted octanol–water partition coefficient (Wildman–Crippen LogP) is 1.62. The normalized spacial score (nSPS) is 22.7. The summed E-state index contributed by atoms with van der Waals surface area (Å²) in [6, 6.07) is 0.442. The maximum absolute atomic E-state index is 12.1. The SMILES string of the molecule is CNC(C)CC1COCCN1C(=O)OC(C)(C)C. The molecule has 2 atom stereocenters. The van der Waals surface area contributed by atoms with Crippen LogP contribution in [0.1, 0.15) is 34.1 Å². The number of ether oxygens (including phenoxy) is 2. The average molecular weight is 258 g/mol. The second-order valence-electron chi connectivity index (χ2n) is 5.83. The fourth-order valence-electron chi connectivity index (χ4n) is 1.94. The zero-order valence-corrected chi connectivity index (χ0v) is 12.2. The van der Waals surface area contributed by atoms with Gasteiger partial charge in [-0.05, 0) is 41.2 Å². The molecule has 0 aromatic rings. The fourth-order valence-corrected chi connectivity index (χ4v) is 1.94. The van der Waals surface area contributed by atoms with Gasteiger partial charge in [-0.2, -0.15) is 0 Å². The zero-order valence-electron chi connectivity index (χ0n) is 12.2. The van der Waals surface area contributed by atoms with E-state index < -0.39 is 5.60 Å². The lowest BCUT2D eigenvalue weighted by Gasteiger charge is -2.37. The zero-order chi connectivity index (χ0) is 13.8. The maximum Gasteiger partial charge on any atom is 0.410 e. The molecule has 18 heavy (non-hydrogen) atoms. The van der Waals surface area contributed by atoms with Gasteiger partial charge in [0.2, 0.25) is 0 Å². The van der Waals surface area contributed by atoms with Crippen molar-refractivity contribution < 1.29 is 14.3 Å². The topological polar surface area (TPSA) is 50.8 Å². The van der Waals surface area contributed by atoms with Gasteiger partial charge >= 0.3 is 6.09 Å². The van der Waals surface area contributed by atoms with Crippen LogP contribution in [0.5, 0.6) is 0 Å². The number of morpholine rings is 1. The summed E-state index contributed by atoms with van der Waals surface area (Å²) in [6.45, 7) is 9.54. The number of rotatable bonds is 3. The van der Waals surface area contributed by atoms with Crippen molar-refractivity contribution in [3.63, 3.8) is 0 Å². The number of hydrogen-bond acceptors (Lipinski definition) is 4. The molecule has 0 bridgehead atoms. The summed E-state index contributed by atoms with van der Waals surface area (Å²) in [5, 5.41) is 3.19. The molecule has 5 nitrogen and oxygen atoms in total. The molecular weight excluding hydrogens is 232 g/mol. The van der Waals surface area contributed by atoms with Crippen molar-refractivity contribution in [3.8, 4) is 0 Å². The van der Waals surface area contributed by atoms with Gasteiger partial charge in [0, 0.05) is 12.6 Å². The summed E-state index contributed by atoms with van der Waals surface area (Å²) in [6.07, 6.45) is 0.634. The average Bonchev–Trinajstić information content (AvgIpc) is 2.27. The smallest absolute Gasteiger partial charge is 0.410 e. The van der Waals surface area contributed by atoms with Crippen LogP contribution >= 0.6 is 0 Å². The molecule has 0 aromatic heterocycles. The van der Waals surface area contributed by atoms with Crippen LogP contribution < -0.4 is 5.32 Å². The van der Waals surface area contributed by atoms with E-state index in [9.17, 15) is 4.79 Å². The Bertz CT molecular complexity index is 276. The molecule has 0 spiro atoms. The first-order valence-electron chi connectivity index (χ1n) is 6.58. The van der Waals surface area contributed by atoms with Crippen molar-refractivity contribution in [3.05, 3.63) is 0 Å². The van der Waals surface area contributed by atoms with Crippen LogP contribution in [0.3, 0.4) is 0 Å². The molecule has 106 valence electrons. The Morgan fingerprint density at radius 2 is 2.22 bits per heavy atom.